The van der Waals surface area contributed by atoms with Crippen molar-refractivity contribution in [3.8, 4) is 5.75 Å². The third-order valence-electron chi connectivity index (χ3n) is 3.98. The minimum atomic E-state index is -2.22. The molecule has 0 aliphatic carbocycles. The molecule has 24 heavy (non-hydrogen) atoms. The van der Waals surface area contributed by atoms with Crippen LogP contribution in [0.25, 0.3) is 0 Å². The Hall–Kier alpha value is -2.85. The van der Waals surface area contributed by atoms with E-state index in [9.17, 15) is 9.89 Å². The molecule has 1 aliphatic heterocycles. The van der Waals surface area contributed by atoms with Crippen LogP contribution in [0.3, 0.4) is 0 Å². The molecule has 3 nitrogen and oxygen atoms in total. The highest BCUT2D eigenvalue weighted by Gasteiger charge is 2.28. The second-order valence-electron chi connectivity index (χ2n) is 5.60. The van der Waals surface area contributed by atoms with Crippen molar-refractivity contribution in [3.05, 3.63) is 90.0 Å². The number of hydrogen-bond donors (Lipinski definition) is 2. The number of para-hydroxylation sites is 1. The zero-order chi connectivity index (χ0) is 16.6. The maximum atomic E-state index is 10.2. The lowest BCUT2D eigenvalue weighted by atomic mass is 10.2. The van der Waals surface area contributed by atoms with E-state index in [1.54, 1.807) is 12.1 Å². The number of phenolic OH excluding ortho intramolecular Hbond substituents is 1. The van der Waals surface area contributed by atoms with Crippen molar-refractivity contribution in [2.24, 2.45) is 4.99 Å². The fourth-order valence-corrected chi connectivity index (χ4v) is 5.35. The highest BCUT2D eigenvalue weighted by molar-refractivity contribution is 8.17. The fraction of sp³-hybridized carbons (Fsp3) is 0. The molecular weight excluding hydrogens is 316 g/mol. The summed E-state index contributed by atoms with van der Waals surface area (Å²) in [6.45, 7) is 0. The van der Waals surface area contributed by atoms with Crippen LogP contribution in [0.5, 0.6) is 5.75 Å². The molecule has 4 rings (SSSR count). The molecule has 0 amide bonds. The summed E-state index contributed by atoms with van der Waals surface area (Å²) in [6, 6.07) is 25.0. The summed E-state index contributed by atoms with van der Waals surface area (Å²) in [6.07, 6.45) is 0. The Morgan fingerprint density at radius 1 is 0.833 bits per heavy atom. The Bertz CT molecular complexity index is 1050. The monoisotopic (exact) mass is 332 g/mol. The molecule has 0 bridgehead atoms. The summed E-state index contributed by atoms with van der Waals surface area (Å²) < 4.78 is 9.28. The SMILES string of the molecule is N=S1(=Cc2ccccc2)C(c2ccccc2)=Nc2c(O)cccc21. The maximum Gasteiger partial charge on any atom is 0.142 e. The summed E-state index contributed by atoms with van der Waals surface area (Å²) in [5.74, 6) is 0.129. The molecule has 1 atom stereocenters. The van der Waals surface area contributed by atoms with Gasteiger partial charge < -0.3 is 5.11 Å². The van der Waals surface area contributed by atoms with E-state index >= 15 is 0 Å². The highest BCUT2D eigenvalue weighted by atomic mass is 32.2. The topological polar surface area (TPSA) is 56.4 Å². The number of phenols is 1. The van der Waals surface area contributed by atoms with E-state index in [0.717, 1.165) is 16.0 Å². The zero-order valence-corrected chi connectivity index (χ0v) is 13.7. The number of hydrogen-bond acceptors (Lipinski definition) is 3. The molecule has 2 N–H and O–H groups in total. The minimum absolute atomic E-state index is 0.129. The Morgan fingerprint density at radius 2 is 1.50 bits per heavy atom. The van der Waals surface area contributed by atoms with Gasteiger partial charge in [0.1, 0.15) is 16.5 Å². The van der Waals surface area contributed by atoms with Crippen molar-refractivity contribution in [3.63, 3.8) is 0 Å². The maximum absolute atomic E-state index is 10.2. The molecule has 0 saturated heterocycles. The summed E-state index contributed by atoms with van der Waals surface area (Å²) in [5, 5.41) is 12.9. The van der Waals surface area contributed by atoms with Crippen LogP contribution in [-0.2, 0) is 9.41 Å². The Kier molecular flexibility index (Phi) is 3.47. The van der Waals surface area contributed by atoms with Gasteiger partial charge in [0, 0.05) is 10.5 Å². The molecule has 0 saturated carbocycles. The van der Waals surface area contributed by atoms with Gasteiger partial charge in [-0.15, -0.1) is 0 Å². The molecule has 3 aromatic carbocycles. The second-order valence-corrected chi connectivity index (χ2v) is 7.98. The third-order valence-corrected chi connectivity index (χ3v) is 6.56. The van der Waals surface area contributed by atoms with Crippen molar-refractivity contribution in [1.82, 2.24) is 0 Å². The van der Waals surface area contributed by atoms with E-state index in [2.05, 4.69) is 4.99 Å². The number of rotatable bonds is 2. The summed E-state index contributed by atoms with van der Waals surface area (Å²) in [4.78, 5) is 5.44. The standard InChI is InChI=1S/C20H16N2OS/c21-24(14-15-8-3-1-4-9-15)18-13-7-12-17(23)19(18)22-20(24)16-10-5-2-6-11-16/h1-14,21,23H. The van der Waals surface area contributed by atoms with Gasteiger partial charge in [0.15, 0.2) is 0 Å². The highest BCUT2D eigenvalue weighted by Crippen LogP contribution is 2.42. The van der Waals surface area contributed by atoms with E-state index in [0.29, 0.717) is 10.7 Å². The van der Waals surface area contributed by atoms with Crippen LogP contribution in [0.4, 0.5) is 5.69 Å². The molecule has 3 aromatic rings. The van der Waals surface area contributed by atoms with Crippen LogP contribution in [-0.4, -0.2) is 15.5 Å². The molecule has 1 unspecified atom stereocenters. The lowest BCUT2D eigenvalue weighted by molar-refractivity contribution is 0.475. The van der Waals surface area contributed by atoms with Gasteiger partial charge in [-0.1, -0.05) is 76.1 Å². The largest absolute Gasteiger partial charge is 0.506 e. The van der Waals surface area contributed by atoms with Gasteiger partial charge in [-0.3, -0.25) is 4.78 Å². The first-order chi connectivity index (χ1) is 11.7. The molecule has 118 valence electrons. The zero-order valence-electron chi connectivity index (χ0n) is 12.9. The Labute approximate surface area is 141 Å². The predicted molar refractivity (Wildman–Crippen MR) is 101 cm³/mol. The first kappa shape index (κ1) is 14.7. The van der Waals surface area contributed by atoms with Gasteiger partial charge in [0.25, 0.3) is 0 Å². The van der Waals surface area contributed by atoms with Gasteiger partial charge in [-0.25, -0.2) is 4.99 Å². The van der Waals surface area contributed by atoms with Crippen LogP contribution >= 0.6 is 0 Å². The molecule has 0 spiro atoms. The van der Waals surface area contributed by atoms with Crippen molar-refractivity contribution in [2.75, 3.05) is 0 Å². The number of nitrogens with zero attached hydrogens (tertiary/aromatic N) is 1. The second kappa shape index (κ2) is 5.65. The van der Waals surface area contributed by atoms with Crippen molar-refractivity contribution in [2.45, 2.75) is 4.90 Å². The van der Waals surface area contributed by atoms with E-state index in [-0.39, 0.29) is 5.75 Å². The average Bonchev–Trinajstić information content (AvgIpc) is 2.91. The van der Waals surface area contributed by atoms with Gasteiger partial charge in [-0.2, -0.15) is 0 Å². The van der Waals surface area contributed by atoms with Gasteiger partial charge in [0.05, 0.1) is 0 Å². The summed E-state index contributed by atoms with van der Waals surface area (Å²) in [7, 11) is -2.22. The number of fused-ring (bicyclic) bond motifs is 1. The van der Waals surface area contributed by atoms with Crippen LogP contribution in [0.2, 0.25) is 0 Å². The Balaban J connectivity index is 2.03. The van der Waals surface area contributed by atoms with Crippen LogP contribution in [0.15, 0.2) is 88.8 Å². The quantitative estimate of drug-likeness (QED) is 0.662. The Morgan fingerprint density at radius 3 is 2.21 bits per heavy atom. The van der Waals surface area contributed by atoms with E-state index in [1.807, 2.05) is 72.1 Å². The molecular formula is C20H16N2OS. The minimum Gasteiger partial charge on any atom is -0.506 e. The van der Waals surface area contributed by atoms with Crippen LogP contribution in [0, 0.1) is 4.78 Å². The van der Waals surface area contributed by atoms with Crippen molar-refractivity contribution >= 4 is 25.5 Å². The van der Waals surface area contributed by atoms with Gasteiger partial charge in [-0.05, 0) is 23.1 Å². The number of nitrogens with one attached hydrogen (secondary N) is 1. The normalized spacial score (nSPS) is 18.8. The molecule has 4 heteroatoms. The molecule has 1 heterocycles. The number of benzene rings is 3. The third kappa shape index (κ3) is 2.32. The average molecular weight is 332 g/mol. The molecule has 1 aliphatic rings. The van der Waals surface area contributed by atoms with E-state index in [4.69, 9.17) is 0 Å². The van der Waals surface area contributed by atoms with E-state index < -0.39 is 9.41 Å². The first-order valence-electron chi connectivity index (χ1n) is 7.62. The fourth-order valence-electron chi connectivity index (χ4n) is 2.85. The summed E-state index contributed by atoms with van der Waals surface area (Å²) >= 11 is 0. The first-order valence-corrected chi connectivity index (χ1v) is 9.32. The smallest absolute Gasteiger partial charge is 0.142 e. The number of aromatic hydroxyl groups is 1. The predicted octanol–water partition coefficient (Wildman–Crippen LogP) is 4.61. The molecule has 0 fully saturated rings. The van der Waals surface area contributed by atoms with Crippen molar-refractivity contribution in [1.29, 1.82) is 4.78 Å². The number of aliphatic imine (C=N–C) groups is 1. The van der Waals surface area contributed by atoms with E-state index in [1.165, 1.54) is 0 Å². The summed E-state index contributed by atoms with van der Waals surface area (Å²) in [5.41, 5.74) is 2.43. The molecule has 0 aromatic heterocycles. The molecule has 0 radical (unpaired) electrons. The lowest BCUT2D eigenvalue weighted by Crippen LogP contribution is -2.14. The van der Waals surface area contributed by atoms with Crippen molar-refractivity contribution < 1.29 is 5.11 Å². The lowest BCUT2D eigenvalue weighted by Gasteiger charge is -2.13. The van der Waals surface area contributed by atoms with Gasteiger partial charge >= 0.3 is 0 Å². The van der Waals surface area contributed by atoms with Crippen LogP contribution in [0.1, 0.15) is 11.1 Å². The van der Waals surface area contributed by atoms with Crippen LogP contribution < -0.4 is 0 Å². The van der Waals surface area contributed by atoms with Gasteiger partial charge in [0.2, 0.25) is 0 Å².